The van der Waals surface area contributed by atoms with E-state index in [1.165, 1.54) is 6.07 Å². The Morgan fingerprint density at radius 1 is 1.53 bits per heavy atom. The molecule has 1 aromatic rings. The molecule has 0 amide bonds. The third kappa shape index (κ3) is 1.96. The number of benzene rings is 1. The molecule has 1 aromatic carbocycles. The monoisotopic (exact) mass is 210 g/mol. The van der Waals surface area contributed by atoms with E-state index in [0.29, 0.717) is 5.56 Å². The highest BCUT2D eigenvalue weighted by atomic mass is 19.1. The Bertz CT molecular complexity index is 350. The Balaban J connectivity index is 2.24. The average Bonchev–Trinajstić information content (AvgIpc) is 2.74. The maximum Gasteiger partial charge on any atom is 0.146 e. The fraction of sp³-hybridized carbons (Fsp3) is 0.455. The lowest BCUT2D eigenvalue weighted by Crippen LogP contribution is -2.17. The van der Waals surface area contributed by atoms with Crippen molar-refractivity contribution in [1.82, 2.24) is 5.32 Å². The maximum atomic E-state index is 13.2. The van der Waals surface area contributed by atoms with Gasteiger partial charge in [-0.15, -0.1) is 0 Å². The molecule has 2 atom stereocenters. The number of halogens is 1. The van der Waals surface area contributed by atoms with Crippen molar-refractivity contribution in [1.29, 1.82) is 0 Å². The van der Waals surface area contributed by atoms with Crippen molar-refractivity contribution in [2.24, 2.45) is 5.92 Å². The van der Waals surface area contributed by atoms with Crippen molar-refractivity contribution < 1.29 is 9.50 Å². The van der Waals surface area contributed by atoms with Crippen LogP contribution in [0.5, 0.6) is 0 Å². The summed E-state index contributed by atoms with van der Waals surface area (Å²) in [5.41, 5.74) is 6.17. The van der Waals surface area contributed by atoms with E-state index in [-0.39, 0.29) is 11.6 Å². The number of nitrogen functional groups attached to an aromatic ring is 1. The highest BCUT2D eigenvalue weighted by Gasteiger charge is 2.26. The van der Waals surface area contributed by atoms with Gasteiger partial charge in [-0.1, -0.05) is 12.1 Å². The van der Waals surface area contributed by atoms with Crippen LogP contribution in [-0.4, -0.2) is 18.2 Å². The highest BCUT2D eigenvalue weighted by molar-refractivity contribution is 5.49. The van der Waals surface area contributed by atoms with Gasteiger partial charge in [-0.2, -0.15) is 0 Å². The Kier molecular flexibility index (Phi) is 2.88. The minimum absolute atomic E-state index is 0.0666. The van der Waals surface area contributed by atoms with E-state index >= 15 is 0 Å². The Morgan fingerprint density at radius 2 is 2.33 bits per heavy atom. The summed E-state index contributed by atoms with van der Waals surface area (Å²) in [7, 11) is 0. The summed E-state index contributed by atoms with van der Waals surface area (Å²) in [6.45, 7) is 1.66. The standard InChI is InChI=1S/C11H15FN2O/c12-9-3-1-2-8(10(9)13)11(15)7-4-5-14-6-7/h1-3,7,11,14-15H,4-6,13H2. The number of hydrogen-bond donors (Lipinski definition) is 3. The summed E-state index contributed by atoms with van der Waals surface area (Å²) in [6.07, 6.45) is 0.229. The highest BCUT2D eigenvalue weighted by Crippen LogP contribution is 2.31. The van der Waals surface area contributed by atoms with Gasteiger partial charge in [0.25, 0.3) is 0 Å². The normalized spacial score (nSPS) is 22.9. The zero-order valence-corrected chi connectivity index (χ0v) is 8.41. The van der Waals surface area contributed by atoms with E-state index < -0.39 is 11.9 Å². The first-order valence-electron chi connectivity index (χ1n) is 5.13. The Labute approximate surface area is 88.1 Å². The van der Waals surface area contributed by atoms with Gasteiger partial charge in [0.15, 0.2) is 0 Å². The van der Waals surface area contributed by atoms with Crippen molar-refractivity contribution in [3.63, 3.8) is 0 Å². The van der Waals surface area contributed by atoms with Gasteiger partial charge in [0.1, 0.15) is 5.82 Å². The molecule has 3 nitrogen and oxygen atoms in total. The van der Waals surface area contributed by atoms with Crippen molar-refractivity contribution >= 4 is 5.69 Å². The van der Waals surface area contributed by atoms with Crippen LogP contribution >= 0.6 is 0 Å². The van der Waals surface area contributed by atoms with Crippen molar-refractivity contribution in [3.8, 4) is 0 Å². The molecular formula is C11H15FN2O. The zero-order chi connectivity index (χ0) is 10.8. The van der Waals surface area contributed by atoms with Gasteiger partial charge in [0.05, 0.1) is 11.8 Å². The third-order valence-corrected chi connectivity index (χ3v) is 2.95. The van der Waals surface area contributed by atoms with Crippen LogP contribution in [0, 0.1) is 11.7 Å². The number of nitrogens with two attached hydrogens (primary N) is 1. The van der Waals surface area contributed by atoms with E-state index in [1.54, 1.807) is 12.1 Å². The van der Waals surface area contributed by atoms with Gasteiger partial charge in [-0.3, -0.25) is 0 Å². The van der Waals surface area contributed by atoms with Gasteiger partial charge < -0.3 is 16.2 Å². The van der Waals surface area contributed by atoms with Crippen LogP contribution < -0.4 is 11.1 Å². The number of nitrogens with one attached hydrogen (secondary N) is 1. The van der Waals surface area contributed by atoms with Gasteiger partial charge >= 0.3 is 0 Å². The molecule has 0 aromatic heterocycles. The second-order valence-electron chi connectivity index (χ2n) is 3.94. The smallest absolute Gasteiger partial charge is 0.146 e. The largest absolute Gasteiger partial charge is 0.396 e. The van der Waals surface area contributed by atoms with Crippen LogP contribution in [0.2, 0.25) is 0 Å². The lowest BCUT2D eigenvalue weighted by molar-refractivity contribution is 0.118. The molecule has 1 fully saturated rings. The molecule has 1 aliphatic heterocycles. The summed E-state index contributed by atoms with van der Waals surface area (Å²) >= 11 is 0. The minimum atomic E-state index is -0.671. The molecule has 15 heavy (non-hydrogen) atoms. The lowest BCUT2D eigenvalue weighted by Gasteiger charge is -2.19. The summed E-state index contributed by atoms with van der Waals surface area (Å²) in [5, 5.41) is 13.2. The van der Waals surface area contributed by atoms with Gasteiger partial charge in [0, 0.05) is 18.0 Å². The molecular weight excluding hydrogens is 195 g/mol. The number of para-hydroxylation sites is 1. The fourth-order valence-corrected chi connectivity index (χ4v) is 2.01. The van der Waals surface area contributed by atoms with E-state index in [2.05, 4.69) is 5.32 Å². The first-order valence-corrected chi connectivity index (χ1v) is 5.13. The van der Waals surface area contributed by atoms with Crippen LogP contribution in [0.25, 0.3) is 0 Å². The number of anilines is 1. The van der Waals surface area contributed by atoms with Crippen molar-refractivity contribution in [3.05, 3.63) is 29.6 Å². The zero-order valence-electron chi connectivity index (χ0n) is 8.41. The third-order valence-electron chi connectivity index (χ3n) is 2.95. The van der Waals surface area contributed by atoms with E-state index in [1.807, 2.05) is 0 Å². The van der Waals surface area contributed by atoms with Crippen LogP contribution in [0.3, 0.4) is 0 Å². The summed E-state index contributed by atoms with van der Waals surface area (Å²) in [5.74, 6) is -0.327. The van der Waals surface area contributed by atoms with Gasteiger partial charge in [-0.25, -0.2) is 4.39 Å². The van der Waals surface area contributed by atoms with Crippen LogP contribution in [0.15, 0.2) is 18.2 Å². The first-order chi connectivity index (χ1) is 7.20. The van der Waals surface area contributed by atoms with E-state index in [9.17, 15) is 9.50 Å². The maximum absolute atomic E-state index is 13.2. The average molecular weight is 210 g/mol. The molecule has 4 heteroatoms. The SMILES string of the molecule is Nc1c(F)cccc1C(O)C1CCNC1. The second-order valence-corrected chi connectivity index (χ2v) is 3.94. The predicted molar refractivity (Wildman–Crippen MR) is 56.7 cm³/mol. The van der Waals surface area contributed by atoms with Crippen LogP contribution in [0.1, 0.15) is 18.1 Å². The molecule has 2 rings (SSSR count). The Morgan fingerprint density at radius 3 is 3.00 bits per heavy atom. The molecule has 0 bridgehead atoms. The number of aliphatic hydroxyl groups excluding tert-OH is 1. The second kappa shape index (κ2) is 4.16. The molecule has 1 heterocycles. The number of aliphatic hydroxyl groups is 1. The number of rotatable bonds is 2. The van der Waals surface area contributed by atoms with Gasteiger partial charge in [-0.05, 0) is 19.0 Å². The quantitative estimate of drug-likeness (QED) is 0.639. The molecule has 1 saturated heterocycles. The van der Waals surface area contributed by atoms with Crippen molar-refractivity contribution in [2.45, 2.75) is 12.5 Å². The molecule has 82 valence electrons. The molecule has 0 spiro atoms. The van der Waals surface area contributed by atoms with E-state index in [0.717, 1.165) is 19.5 Å². The Hall–Kier alpha value is -1.13. The summed E-state index contributed by atoms with van der Waals surface area (Å²) in [6, 6.07) is 4.56. The molecule has 0 saturated carbocycles. The van der Waals surface area contributed by atoms with Crippen molar-refractivity contribution in [2.75, 3.05) is 18.8 Å². The van der Waals surface area contributed by atoms with E-state index in [4.69, 9.17) is 5.73 Å². The fourth-order valence-electron chi connectivity index (χ4n) is 2.01. The first kappa shape index (κ1) is 10.4. The predicted octanol–water partition coefficient (Wildman–Crippen LogP) is 1.05. The lowest BCUT2D eigenvalue weighted by atomic mass is 9.94. The molecule has 0 aliphatic carbocycles. The molecule has 1 aliphatic rings. The minimum Gasteiger partial charge on any atom is -0.396 e. The summed E-state index contributed by atoms with van der Waals surface area (Å²) < 4.78 is 13.2. The number of hydrogen-bond acceptors (Lipinski definition) is 3. The molecule has 4 N–H and O–H groups in total. The topological polar surface area (TPSA) is 58.3 Å². The summed E-state index contributed by atoms with van der Waals surface area (Å²) in [4.78, 5) is 0. The van der Waals surface area contributed by atoms with Gasteiger partial charge in [0.2, 0.25) is 0 Å². The molecule has 2 unspecified atom stereocenters. The van der Waals surface area contributed by atoms with Crippen LogP contribution in [0.4, 0.5) is 10.1 Å². The molecule has 0 radical (unpaired) electrons. The van der Waals surface area contributed by atoms with Crippen LogP contribution in [-0.2, 0) is 0 Å².